The number of carboxylic acids is 1. The Labute approximate surface area is 133 Å². The lowest BCUT2D eigenvalue weighted by Gasteiger charge is -2.18. The molecular formula is C14H16N2O4S2. The summed E-state index contributed by atoms with van der Waals surface area (Å²) in [5.41, 5.74) is 1.37. The van der Waals surface area contributed by atoms with Crippen LogP contribution in [0, 0.1) is 13.8 Å². The Morgan fingerprint density at radius 2 is 2.09 bits per heavy atom. The van der Waals surface area contributed by atoms with E-state index >= 15 is 0 Å². The largest absolute Gasteiger partial charge is 0.480 e. The van der Waals surface area contributed by atoms with E-state index in [9.17, 15) is 13.2 Å². The highest BCUT2D eigenvalue weighted by Gasteiger charge is 2.29. The van der Waals surface area contributed by atoms with Crippen LogP contribution in [0.25, 0.3) is 0 Å². The minimum absolute atomic E-state index is 0.0779. The van der Waals surface area contributed by atoms with Crippen molar-refractivity contribution in [3.05, 3.63) is 46.6 Å². The first kappa shape index (κ1) is 16.6. The molecule has 1 N–H and O–H groups in total. The fourth-order valence-electron chi connectivity index (χ4n) is 1.84. The zero-order chi connectivity index (χ0) is 16.3. The highest BCUT2D eigenvalue weighted by molar-refractivity contribution is 7.91. The zero-order valence-corrected chi connectivity index (χ0v) is 13.8. The van der Waals surface area contributed by atoms with E-state index in [1.54, 1.807) is 30.5 Å². The third-order valence-corrected chi connectivity index (χ3v) is 6.51. The van der Waals surface area contributed by atoms with Gasteiger partial charge in [0.15, 0.2) is 0 Å². The standard InChI is InChI=1S/C14H16N2O4S2/c1-10-7-14(21-11(10)2)22(19,20)16(9-13(17)18)8-12-5-3-4-6-15-12/h3-7H,8-9H2,1-2H3,(H,17,18). The van der Waals surface area contributed by atoms with Crippen molar-refractivity contribution in [2.45, 2.75) is 24.6 Å². The Morgan fingerprint density at radius 1 is 1.36 bits per heavy atom. The van der Waals surface area contributed by atoms with Gasteiger partial charge < -0.3 is 5.11 Å². The lowest BCUT2D eigenvalue weighted by molar-refractivity contribution is -0.137. The maximum absolute atomic E-state index is 12.7. The molecule has 6 nitrogen and oxygen atoms in total. The summed E-state index contributed by atoms with van der Waals surface area (Å²) in [4.78, 5) is 16.0. The molecule has 8 heteroatoms. The van der Waals surface area contributed by atoms with Crippen molar-refractivity contribution in [1.29, 1.82) is 0 Å². The predicted octanol–water partition coefficient (Wildman–Crippen LogP) is 2.04. The molecule has 0 saturated heterocycles. The van der Waals surface area contributed by atoms with Gasteiger partial charge >= 0.3 is 5.97 Å². The van der Waals surface area contributed by atoms with Gasteiger partial charge in [-0.3, -0.25) is 9.78 Å². The van der Waals surface area contributed by atoms with Gasteiger partial charge in [-0.15, -0.1) is 11.3 Å². The molecule has 0 bridgehead atoms. The fraction of sp³-hybridized carbons (Fsp3) is 0.286. The second kappa shape index (κ2) is 6.55. The van der Waals surface area contributed by atoms with Gasteiger partial charge in [0, 0.05) is 11.1 Å². The molecule has 2 aromatic rings. The fourth-order valence-corrected chi connectivity index (χ4v) is 4.88. The molecule has 0 fully saturated rings. The first-order chi connectivity index (χ1) is 10.3. The molecule has 0 saturated carbocycles. The Morgan fingerprint density at radius 3 is 2.59 bits per heavy atom. The Hall–Kier alpha value is -1.77. The molecule has 0 aliphatic rings. The zero-order valence-electron chi connectivity index (χ0n) is 12.2. The average Bonchev–Trinajstić information content (AvgIpc) is 2.79. The number of carboxylic acid groups (broad SMARTS) is 1. The van der Waals surface area contributed by atoms with Crippen LogP contribution >= 0.6 is 11.3 Å². The molecule has 0 aromatic carbocycles. The Bertz CT molecular complexity index is 750. The van der Waals surface area contributed by atoms with Crippen molar-refractivity contribution in [2.75, 3.05) is 6.54 Å². The smallest absolute Gasteiger partial charge is 0.318 e. The van der Waals surface area contributed by atoms with Crippen LogP contribution in [-0.2, 0) is 21.4 Å². The van der Waals surface area contributed by atoms with Gasteiger partial charge in [-0.1, -0.05) is 6.07 Å². The number of pyridine rings is 1. The van der Waals surface area contributed by atoms with Gasteiger partial charge in [0.1, 0.15) is 10.8 Å². The van der Waals surface area contributed by atoms with Crippen molar-refractivity contribution in [3.8, 4) is 0 Å². The number of hydrogen-bond donors (Lipinski definition) is 1. The van der Waals surface area contributed by atoms with Gasteiger partial charge in [-0.05, 0) is 37.6 Å². The molecule has 0 radical (unpaired) electrons. The number of aromatic nitrogens is 1. The SMILES string of the molecule is Cc1cc(S(=O)(=O)N(CC(=O)O)Cc2ccccn2)sc1C. The van der Waals surface area contributed by atoms with Crippen LogP contribution in [0.3, 0.4) is 0 Å². The van der Waals surface area contributed by atoms with Crippen molar-refractivity contribution in [2.24, 2.45) is 0 Å². The summed E-state index contributed by atoms with van der Waals surface area (Å²) in [6.07, 6.45) is 1.54. The number of carbonyl (C=O) groups is 1. The third-order valence-electron chi connectivity index (χ3n) is 3.11. The molecule has 118 valence electrons. The van der Waals surface area contributed by atoms with Crippen LogP contribution in [0.15, 0.2) is 34.7 Å². The summed E-state index contributed by atoms with van der Waals surface area (Å²) in [6, 6.07) is 6.68. The number of hydrogen-bond acceptors (Lipinski definition) is 5. The second-order valence-corrected chi connectivity index (χ2v) is 8.21. The van der Waals surface area contributed by atoms with Gasteiger partial charge in [0.05, 0.1) is 12.2 Å². The van der Waals surface area contributed by atoms with E-state index in [4.69, 9.17) is 5.11 Å². The van der Waals surface area contributed by atoms with E-state index < -0.39 is 22.5 Å². The highest BCUT2D eigenvalue weighted by Crippen LogP contribution is 2.28. The molecule has 0 spiro atoms. The number of sulfonamides is 1. The molecule has 22 heavy (non-hydrogen) atoms. The van der Waals surface area contributed by atoms with E-state index in [-0.39, 0.29) is 10.8 Å². The number of aliphatic carboxylic acids is 1. The Balaban J connectivity index is 2.37. The molecular weight excluding hydrogens is 324 g/mol. The van der Waals surface area contributed by atoms with Gasteiger partial charge in [0.25, 0.3) is 10.0 Å². The average molecular weight is 340 g/mol. The van der Waals surface area contributed by atoms with Gasteiger partial charge in [-0.25, -0.2) is 8.42 Å². The summed E-state index contributed by atoms with van der Waals surface area (Å²) in [5, 5.41) is 9.01. The van der Waals surface area contributed by atoms with Gasteiger partial charge in [-0.2, -0.15) is 4.31 Å². The lowest BCUT2D eigenvalue weighted by atomic mass is 10.3. The molecule has 2 aromatic heterocycles. The van der Waals surface area contributed by atoms with E-state index in [0.717, 1.165) is 26.1 Å². The normalized spacial score (nSPS) is 11.8. The first-order valence-corrected chi connectivity index (χ1v) is 8.75. The van der Waals surface area contributed by atoms with Crippen molar-refractivity contribution in [3.63, 3.8) is 0 Å². The summed E-state index contributed by atoms with van der Waals surface area (Å²) in [5.74, 6) is -1.20. The maximum atomic E-state index is 12.7. The summed E-state index contributed by atoms with van der Waals surface area (Å²) in [6.45, 7) is 2.98. The van der Waals surface area contributed by atoms with Crippen LogP contribution in [0.2, 0.25) is 0 Å². The number of aryl methyl sites for hydroxylation is 2. The van der Waals surface area contributed by atoms with Crippen LogP contribution < -0.4 is 0 Å². The van der Waals surface area contributed by atoms with E-state index in [1.807, 2.05) is 13.8 Å². The minimum Gasteiger partial charge on any atom is -0.480 e. The quantitative estimate of drug-likeness (QED) is 0.869. The molecule has 0 amide bonds. The maximum Gasteiger partial charge on any atom is 0.318 e. The molecule has 2 rings (SSSR count). The monoisotopic (exact) mass is 340 g/mol. The number of rotatable bonds is 6. The molecule has 0 aliphatic carbocycles. The van der Waals surface area contributed by atoms with E-state index in [0.29, 0.717) is 5.69 Å². The molecule has 2 heterocycles. The summed E-state index contributed by atoms with van der Waals surface area (Å²) < 4.78 is 26.5. The Kier molecular flexibility index (Phi) is 4.94. The minimum atomic E-state index is -3.86. The van der Waals surface area contributed by atoms with E-state index in [2.05, 4.69) is 4.98 Å². The van der Waals surface area contributed by atoms with Gasteiger partial charge in [0.2, 0.25) is 0 Å². The molecule has 0 atom stereocenters. The van der Waals surface area contributed by atoms with Crippen LogP contribution in [0.5, 0.6) is 0 Å². The number of nitrogens with zero attached hydrogens (tertiary/aromatic N) is 2. The predicted molar refractivity (Wildman–Crippen MR) is 83.3 cm³/mol. The second-order valence-electron chi connectivity index (χ2n) is 4.79. The molecule has 0 unspecified atom stereocenters. The van der Waals surface area contributed by atoms with Crippen molar-refractivity contribution < 1.29 is 18.3 Å². The van der Waals surface area contributed by atoms with Crippen molar-refractivity contribution >= 4 is 27.3 Å². The molecule has 0 aliphatic heterocycles. The van der Waals surface area contributed by atoms with E-state index in [1.165, 1.54) is 0 Å². The van der Waals surface area contributed by atoms with Crippen LogP contribution in [0.1, 0.15) is 16.1 Å². The van der Waals surface area contributed by atoms with Crippen molar-refractivity contribution in [1.82, 2.24) is 9.29 Å². The topological polar surface area (TPSA) is 87.6 Å². The number of thiophene rings is 1. The first-order valence-electron chi connectivity index (χ1n) is 6.49. The highest BCUT2D eigenvalue weighted by atomic mass is 32.2. The summed E-state index contributed by atoms with van der Waals surface area (Å²) in [7, 11) is -3.86. The lowest BCUT2D eigenvalue weighted by Crippen LogP contribution is -2.35. The van der Waals surface area contributed by atoms with Crippen LogP contribution in [0.4, 0.5) is 0 Å². The third kappa shape index (κ3) is 3.70. The summed E-state index contributed by atoms with van der Waals surface area (Å²) >= 11 is 1.14. The van der Waals surface area contributed by atoms with Crippen LogP contribution in [-0.4, -0.2) is 35.3 Å².